The van der Waals surface area contributed by atoms with Crippen molar-refractivity contribution in [1.29, 1.82) is 0 Å². The number of hydrogen-bond acceptors (Lipinski definition) is 5. The molecule has 1 fully saturated rings. The highest BCUT2D eigenvalue weighted by Crippen LogP contribution is 2.30. The summed E-state index contributed by atoms with van der Waals surface area (Å²) in [6, 6.07) is 0. The number of aromatic nitrogens is 2. The Bertz CT molecular complexity index is 677. The van der Waals surface area contributed by atoms with Crippen LogP contribution in [0.5, 0.6) is 0 Å². The van der Waals surface area contributed by atoms with Crippen LogP contribution in [0.15, 0.2) is 9.90 Å². The van der Waals surface area contributed by atoms with Gasteiger partial charge in [0.2, 0.25) is 0 Å². The number of likely N-dealkylation sites (tertiary alicyclic amines) is 1. The molecule has 3 heterocycles. The molecule has 0 radical (unpaired) electrons. The number of carbonyl (C=O) groups excluding carboxylic acids is 1. The van der Waals surface area contributed by atoms with Crippen LogP contribution in [0.25, 0.3) is 0 Å². The Morgan fingerprint density at radius 1 is 1.50 bits per heavy atom. The third kappa shape index (κ3) is 2.79. The highest BCUT2D eigenvalue weighted by molar-refractivity contribution is 7.09. The minimum atomic E-state index is 0.0496. The van der Waals surface area contributed by atoms with E-state index in [1.54, 1.807) is 11.3 Å². The number of nitrogens with zero attached hydrogens (tertiary/aromatic N) is 3. The molecule has 2 aromatic heterocycles. The van der Waals surface area contributed by atoms with Gasteiger partial charge in [-0.3, -0.25) is 4.79 Å². The van der Waals surface area contributed by atoms with Crippen LogP contribution in [-0.2, 0) is 6.42 Å². The molecule has 6 heteroatoms. The molecular formula is C16H21N3O2S. The monoisotopic (exact) mass is 319 g/mol. The summed E-state index contributed by atoms with van der Waals surface area (Å²) in [5, 5.41) is 7.22. The van der Waals surface area contributed by atoms with E-state index in [9.17, 15) is 4.79 Å². The first kappa shape index (κ1) is 15.2. The van der Waals surface area contributed by atoms with Crippen LogP contribution in [0.1, 0.15) is 58.2 Å². The number of carbonyl (C=O) groups is 1. The lowest BCUT2D eigenvalue weighted by atomic mass is 9.97. The van der Waals surface area contributed by atoms with E-state index < -0.39 is 0 Å². The molecule has 3 rings (SSSR count). The first-order valence-electron chi connectivity index (χ1n) is 7.76. The van der Waals surface area contributed by atoms with Crippen LogP contribution in [0.3, 0.4) is 0 Å². The fraction of sp³-hybridized carbons (Fsp3) is 0.562. The minimum absolute atomic E-state index is 0.0496. The molecule has 0 bridgehead atoms. The zero-order chi connectivity index (χ0) is 15.7. The number of amides is 1. The van der Waals surface area contributed by atoms with E-state index >= 15 is 0 Å². The van der Waals surface area contributed by atoms with Gasteiger partial charge >= 0.3 is 0 Å². The van der Waals surface area contributed by atoms with Gasteiger partial charge in [0.1, 0.15) is 11.3 Å². The lowest BCUT2D eigenvalue weighted by molar-refractivity contribution is 0.0704. The van der Waals surface area contributed by atoms with Gasteiger partial charge in [0.15, 0.2) is 0 Å². The van der Waals surface area contributed by atoms with Gasteiger partial charge < -0.3 is 9.42 Å². The Morgan fingerprint density at radius 2 is 2.32 bits per heavy atom. The van der Waals surface area contributed by atoms with Crippen LogP contribution in [0, 0.1) is 13.8 Å². The van der Waals surface area contributed by atoms with Gasteiger partial charge in [-0.25, -0.2) is 4.98 Å². The van der Waals surface area contributed by atoms with Crippen LogP contribution in [-0.4, -0.2) is 34.0 Å². The number of rotatable bonds is 3. The molecule has 0 aromatic carbocycles. The lowest BCUT2D eigenvalue weighted by Gasteiger charge is -2.31. The van der Waals surface area contributed by atoms with Crippen molar-refractivity contribution >= 4 is 17.2 Å². The van der Waals surface area contributed by atoms with E-state index in [0.717, 1.165) is 42.3 Å². The largest absolute Gasteiger partial charge is 0.361 e. The van der Waals surface area contributed by atoms with Crippen molar-refractivity contribution in [2.75, 3.05) is 13.1 Å². The van der Waals surface area contributed by atoms with Gasteiger partial charge in [-0.05, 0) is 33.1 Å². The Kier molecular flexibility index (Phi) is 4.29. The SMILES string of the molecule is CCc1noc(C)c1C(=O)N1CCC[C@@H](c2nc(C)cs2)C1. The maximum absolute atomic E-state index is 12.9. The molecular weight excluding hydrogens is 298 g/mol. The van der Waals surface area contributed by atoms with E-state index in [0.29, 0.717) is 23.7 Å². The Hall–Kier alpha value is -1.69. The number of thiazole rings is 1. The maximum atomic E-state index is 12.9. The second kappa shape index (κ2) is 6.20. The Morgan fingerprint density at radius 3 is 3.00 bits per heavy atom. The Labute approximate surface area is 134 Å². The van der Waals surface area contributed by atoms with Crippen molar-refractivity contribution in [2.45, 2.75) is 46.0 Å². The lowest BCUT2D eigenvalue weighted by Crippen LogP contribution is -2.39. The van der Waals surface area contributed by atoms with Crippen molar-refractivity contribution in [3.63, 3.8) is 0 Å². The molecule has 22 heavy (non-hydrogen) atoms. The molecule has 1 aliphatic rings. The van der Waals surface area contributed by atoms with Gasteiger partial charge in [0.05, 0.1) is 10.7 Å². The summed E-state index contributed by atoms with van der Waals surface area (Å²) in [7, 11) is 0. The summed E-state index contributed by atoms with van der Waals surface area (Å²) in [5.41, 5.74) is 2.47. The maximum Gasteiger partial charge on any atom is 0.259 e. The fourth-order valence-electron chi connectivity index (χ4n) is 3.01. The minimum Gasteiger partial charge on any atom is -0.361 e. The smallest absolute Gasteiger partial charge is 0.259 e. The predicted molar refractivity (Wildman–Crippen MR) is 85.3 cm³/mol. The van der Waals surface area contributed by atoms with Crippen molar-refractivity contribution in [1.82, 2.24) is 15.0 Å². The summed E-state index contributed by atoms with van der Waals surface area (Å²) < 4.78 is 5.21. The molecule has 0 saturated carbocycles. The number of hydrogen-bond donors (Lipinski definition) is 0. The van der Waals surface area contributed by atoms with Crippen LogP contribution in [0.4, 0.5) is 0 Å². The summed E-state index contributed by atoms with van der Waals surface area (Å²) in [4.78, 5) is 19.4. The highest BCUT2D eigenvalue weighted by Gasteiger charge is 2.30. The van der Waals surface area contributed by atoms with E-state index in [1.165, 1.54) is 0 Å². The fourth-order valence-corrected chi connectivity index (χ4v) is 3.94. The van der Waals surface area contributed by atoms with Crippen LogP contribution in [0.2, 0.25) is 0 Å². The summed E-state index contributed by atoms with van der Waals surface area (Å²) in [5.74, 6) is 1.02. The topological polar surface area (TPSA) is 59.2 Å². The number of aryl methyl sites for hydroxylation is 3. The van der Waals surface area contributed by atoms with Crippen molar-refractivity contribution in [3.8, 4) is 0 Å². The third-order valence-electron chi connectivity index (χ3n) is 4.18. The van der Waals surface area contributed by atoms with Gasteiger partial charge in [-0.1, -0.05) is 12.1 Å². The molecule has 1 atom stereocenters. The molecule has 1 aliphatic heterocycles. The zero-order valence-electron chi connectivity index (χ0n) is 13.3. The first-order valence-corrected chi connectivity index (χ1v) is 8.64. The van der Waals surface area contributed by atoms with E-state index in [-0.39, 0.29) is 5.91 Å². The predicted octanol–water partition coefficient (Wildman–Crippen LogP) is 3.33. The van der Waals surface area contributed by atoms with Crippen LogP contribution >= 0.6 is 11.3 Å². The molecule has 2 aromatic rings. The average molecular weight is 319 g/mol. The first-order chi connectivity index (χ1) is 10.6. The molecule has 0 spiro atoms. The van der Waals surface area contributed by atoms with Gasteiger partial charge in [0.25, 0.3) is 5.91 Å². The average Bonchev–Trinajstić information content (AvgIpc) is 3.12. The van der Waals surface area contributed by atoms with Crippen molar-refractivity contribution in [2.24, 2.45) is 0 Å². The molecule has 118 valence electrons. The van der Waals surface area contributed by atoms with E-state index in [4.69, 9.17) is 4.52 Å². The standard InChI is InChI=1S/C16H21N3O2S/c1-4-13-14(11(3)21-18-13)16(20)19-7-5-6-12(8-19)15-17-10(2)9-22-15/h9,12H,4-8H2,1-3H3/t12-/m1/s1. The molecule has 0 unspecified atom stereocenters. The van der Waals surface area contributed by atoms with Crippen LogP contribution < -0.4 is 0 Å². The molecule has 5 nitrogen and oxygen atoms in total. The second-order valence-electron chi connectivity index (χ2n) is 5.83. The summed E-state index contributed by atoms with van der Waals surface area (Å²) in [6.07, 6.45) is 2.82. The van der Waals surface area contributed by atoms with Crippen molar-refractivity contribution in [3.05, 3.63) is 33.1 Å². The highest BCUT2D eigenvalue weighted by atomic mass is 32.1. The quantitative estimate of drug-likeness (QED) is 0.870. The van der Waals surface area contributed by atoms with Crippen molar-refractivity contribution < 1.29 is 9.32 Å². The number of piperidine rings is 1. The third-order valence-corrected chi connectivity index (χ3v) is 5.30. The summed E-state index contributed by atoms with van der Waals surface area (Å²) >= 11 is 1.70. The summed E-state index contributed by atoms with van der Waals surface area (Å²) in [6.45, 7) is 7.35. The van der Waals surface area contributed by atoms with Gasteiger partial charge in [-0.2, -0.15) is 0 Å². The normalized spacial score (nSPS) is 18.7. The van der Waals surface area contributed by atoms with Gasteiger partial charge in [0, 0.05) is 30.1 Å². The zero-order valence-corrected chi connectivity index (χ0v) is 14.1. The Balaban J connectivity index is 1.79. The molecule has 1 amide bonds. The van der Waals surface area contributed by atoms with Gasteiger partial charge in [-0.15, -0.1) is 11.3 Å². The molecule has 0 N–H and O–H groups in total. The van der Waals surface area contributed by atoms with E-state index in [2.05, 4.69) is 15.5 Å². The molecule has 1 saturated heterocycles. The van der Waals surface area contributed by atoms with E-state index in [1.807, 2.05) is 25.7 Å². The second-order valence-corrected chi connectivity index (χ2v) is 6.72. The molecule has 0 aliphatic carbocycles.